The fourth-order valence-electron chi connectivity index (χ4n) is 1.94. The number of pyridine rings is 1. The zero-order valence-corrected chi connectivity index (χ0v) is 14.7. The van der Waals surface area contributed by atoms with Gasteiger partial charge in [-0.25, -0.2) is 4.98 Å². The first-order valence-corrected chi connectivity index (χ1v) is 9.03. The van der Waals surface area contributed by atoms with Gasteiger partial charge in [0.15, 0.2) is 0 Å². The SMILES string of the molecule is CCCCC(CC)COC(=O)CCSc1ccnc(F)c1Cl. The molecule has 1 rings (SSSR count). The highest BCUT2D eigenvalue weighted by Crippen LogP contribution is 2.28. The van der Waals surface area contributed by atoms with Gasteiger partial charge in [-0.1, -0.05) is 44.7 Å². The molecule has 0 fully saturated rings. The maximum absolute atomic E-state index is 13.2. The molecule has 0 aliphatic heterocycles. The van der Waals surface area contributed by atoms with E-state index in [1.54, 1.807) is 6.07 Å². The Kier molecular flexibility index (Phi) is 9.48. The normalized spacial score (nSPS) is 12.2. The zero-order valence-electron chi connectivity index (χ0n) is 13.1. The number of rotatable bonds is 10. The average molecular weight is 348 g/mol. The monoisotopic (exact) mass is 347 g/mol. The molecule has 22 heavy (non-hydrogen) atoms. The van der Waals surface area contributed by atoms with E-state index in [-0.39, 0.29) is 17.4 Å². The van der Waals surface area contributed by atoms with Crippen LogP contribution in [0.5, 0.6) is 0 Å². The van der Waals surface area contributed by atoms with Crippen LogP contribution in [0.25, 0.3) is 0 Å². The quantitative estimate of drug-likeness (QED) is 0.334. The summed E-state index contributed by atoms with van der Waals surface area (Å²) in [5.74, 6) is 0.0534. The van der Waals surface area contributed by atoms with Crippen molar-refractivity contribution in [1.29, 1.82) is 0 Å². The number of halogens is 2. The van der Waals surface area contributed by atoms with Gasteiger partial charge in [-0.2, -0.15) is 4.39 Å². The number of ether oxygens (including phenoxy) is 1. The van der Waals surface area contributed by atoms with Crippen LogP contribution < -0.4 is 0 Å². The van der Waals surface area contributed by atoms with Crippen LogP contribution in [-0.4, -0.2) is 23.3 Å². The van der Waals surface area contributed by atoms with Crippen LogP contribution in [0.15, 0.2) is 17.2 Å². The van der Waals surface area contributed by atoms with Gasteiger partial charge in [0.05, 0.1) is 13.0 Å². The molecule has 6 heteroatoms. The van der Waals surface area contributed by atoms with Crippen molar-refractivity contribution in [3.05, 3.63) is 23.2 Å². The second-order valence-corrected chi connectivity index (χ2v) is 6.63. The molecule has 0 spiro atoms. The van der Waals surface area contributed by atoms with Crippen molar-refractivity contribution >= 4 is 29.3 Å². The highest BCUT2D eigenvalue weighted by Gasteiger charge is 2.11. The second-order valence-electron chi connectivity index (χ2n) is 5.11. The van der Waals surface area contributed by atoms with Crippen LogP contribution in [0, 0.1) is 11.9 Å². The zero-order chi connectivity index (χ0) is 16.4. The number of carbonyl (C=O) groups excluding carboxylic acids is 1. The van der Waals surface area contributed by atoms with Crippen LogP contribution in [0.3, 0.4) is 0 Å². The van der Waals surface area contributed by atoms with E-state index in [0.29, 0.717) is 23.2 Å². The van der Waals surface area contributed by atoms with Gasteiger partial charge >= 0.3 is 5.97 Å². The molecule has 0 aliphatic rings. The first kappa shape index (κ1) is 19.2. The third-order valence-corrected chi connectivity index (χ3v) is 4.93. The lowest BCUT2D eigenvalue weighted by Gasteiger charge is -2.14. The number of carbonyl (C=O) groups is 1. The fraction of sp³-hybridized carbons (Fsp3) is 0.625. The van der Waals surface area contributed by atoms with Crippen molar-refractivity contribution < 1.29 is 13.9 Å². The summed E-state index contributed by atoms with van der Waals surface area (Å²) >= 11 is 7.13. The minimum absolute atomic E-state index is 0.00600. The summed E-state index contributed by atoms with van der Waals surface area (Å²) < 4.78 is 18.5. The average Bonchev–Trinajstić information content (AvgIpc) is 2.51. The highest BCUT2D eigenvalue weighted by atomic mass is 35.5. The Bertz CT molecular complexity index is 473. The predicted octanol–water partition coefficient (Wildman–Crippen LogP) is 5.12. The van der Waals surface area contributed by atoms with E-state index in [1.807, 2.05) is 0 Å². The second kappa shape index (κ2) is 10.8. The predicted molar refractivity (Wildman–Crippen MR) is 88.8 cm³/mol. The van der Waals surface area contributed by atoms with Gasteiger partial charge < -0.3 is 4.74 Å². The van der Waals surface area contributed by atoms with E-state index in [1.165, 1.54) is 18.0 Å². The van der Waals surface area contributed by atoms with Gasteiger partial charge in [0.1, 0.15) is 5.02 Å². The minimum Gasteiger partial charge on any atom is -0.465 e. The Morgan fingerprint density at radius 1 is 1.50 bits per heavy atom. The highest BCUT2D eigenvalue weighted by molar-refractivity contribution is 7.99. The van der Waals surface area contributed by atoms with Gasteiger partial charge in [0.25, 0.3) is 0 Å². The van der Waals surface area contributed by atoms with Gasteiger partial charge in [0.2, 0.25) is 5.95 Å². The summed E-state index contributed by atoms with van der Waals surface area (Å²) in [7, 11) is 0. The Labute approximate surface area is 141 Å². The van der Waals surface area contributed by atoms with Gasteiger partial charge in [-0.05, 0) is 18.4 Å². The molecule has 0 radical (unpaired) electrons. The Balaban J connectivity index is 2.27. The smallest absolute Gasteiger partial charge is 0.306 e. The number of hydrogen-bond acceptors (Lipinski definition) is 4. The number of nitrogens with zero attached hydrogens (tertiary/aromatic N) is 1. The van der Waals surface area contributed by atoms with Gasteiger partial charge in [-0.15, -0.1) is 11.8 Å². The number of aromatic nitrogens is 1. The number of thioether (sulfide) groups is 1. The van der Waals surface area contributed by atoms with Crippen LogP contribution in [0.1, 0.15) is 46.0 Å². The van der Waals surface area contributed by atoms with E-state index >= 15 is 0 Å². The molecule has 0 aliphatic carbocycles. The summed E-state index contributed by atoms with van der Waals surface area (Å²) in [6.07, 6.45) is 6.09. The van der Waals surface area contributed by atoms with Crippen molar-refractivity contribution in [1.82, 2.24) is 4.98 Å². The molecule has 1 aromatic rings. The third kappa shape index (κ3) is 6.97. The Morgan fingerprint density at radius 2 is 2.27 bits per heavy atom. The maximum atomic E-state index is 13.2. The molecule has 1 unspecified atom stereocenters. The molecule has 0 saturated heterocycles. The van der Waals surface area contributed by atoms with Crippen LogP contribution in [0.2, 0.25) is 5.02 Å². The standard InChI is InChI=1S/C16H23ClFNO2S/c1-3-5-6-12(4-2)11-21-14(20)8-10-22-13-7-9-19-16(18)15(13)17/h7,9,12H,3-6,8,10-11H2,1-2H3. The van der Waals surface area contributed by atoms with Crippen molar-refractivity contribution in [3.63, 3.8) is 0 Å². The third-order valence-electron chi connectivity index (χ3n) is 3.40. The first-order chi connectivity index (χ1) is 10.6. The van der Waals surface area contributed by atoms with Crippen LogP contribution in [0.4, 0.5) is 4.39 Å². The molecule has 0 aromatic carbocycles. The summed E-state index contributed by atoms with van der Waals surface area (Å²) in [4.78, 5) is 15.8. The first-order valence-electron chi connectivity index (χ1n) is 7.66. The van der Waals surface area contributed by atoms with Crippen molar-refractivity contribution in [3.8, 4) is 0 Å². The number of hydrogen-bond donors (Lipinski definition) is 0. The van der Waals surface area contributed by atoms with Crippen LogP contribution in [-0.2, 0) is 9.53 Å². The van der Waals surface area contributed by atoms with E-state index in [9.17, 15) is 9.18 Å². The van der Waals surface area contributed by atoms with Gasteiger partial charge in [-0.3, -0.25) is 4.79 Å². The molecule has 124 valence electrons. The van der Waals surface area contributed by atoms with E-state index in [2.05, 4.69) is 18.8 Å². The van der Waals surface area contributed by atoms with Crippen LogP contribution >= 0.6 is 23.4 Å². The number of unbranched alkanes of at least 4 members (excludes halogenated alkanes) is 1. The molecule has 0 N–H and O–H groups in total. The molecule has 0 amide bonds. The molecule has 3 nitrogen and oxygen atoms in total. The molecule has 1 aromatic heterocycles. The molecule has 0 bridgehead atoms. The van der Waals surface area contributed by atoms with Crippen molar-refractivity contribution in [2.24, 2.45) is 5.92 Å². The molecular formula is C16H23ClFNO2S. The van der Waals surface area contributed by atoms with Gasteiger partial charge in [0, 0.05) is 16.8 Å². The molecular weight excluding hydrogens is 325 g/mol. The molecule has 1 atom stereocenters. The summed E-state index contributed by atoms with van der Waals surface area (Å²) in [5, 5.41) is 0.00600. The lowest BCUT2D eigenvalue weighted by molar-refractivity contribution is -0.144. The maximum Gasteiger partial charge on any atom is 0.306 e. The van der Waals surface area contributed by atoms with Crippen molar-refractivity contribution in [2.45, 2.75) is 50.8 Å². The number of esters is 1. The largest absolute Gasteiger partial charge is 0.465 e. The Hall–Kier alpha value is -0.810. The minimum atomic E-state index is -0.684. The van der Waals surface area contributed by atoms with E-state index in [4.69, 9.17) is 16.3 Å². The lowest BCUT2D eigenvalue weighted by atomic mass is 10.0. The topological polar surface area (TPSA) is 39.2 Å². The molecule has 0 saturated carbocycles. The van der Waals surface area contributed by atoms with E-state index in [0.717, 1.165) is 25.7 Å². The lowest BCUT2D eigenvalue weighted by Crippen LogP contribution is -2.14. The Morgan fingerprint density at radius 3 is 2.95 bits per heavy atom. The summed E-state index contributed by atoms with van der Waals surface area (Å²) in [6.45, 7) is 4.76. The fourth-order valence-corrected chi connectivity index (χ4v) is 3.07. The van der Waals surface area contributed by atoms with E-state index < -0.39 is 5.95 Å². The summed E-state index contributed by atoms with van der Waals surface area (Å²) in [5.41, 5.74) is 0. The summed E-state index contributed by atoms with van der Waals surface area (Å²) in [6, 6.07) is 1.64. The molecule has 1 heterocycles. The van der Waals surface area contributed by atoms with Crippen molar-refractivity contribution in [2.75, 3.05) is 12.4 Å².